The Morgan fingerprint density at radius 2 is 2.10 bits per heavy atom. The Balaban J connectivity index is 1.89. The van der Waals surface area contributed by atoms with E-state index < -0.39 is 0 Å². The molecule has 1 fully saturated rings. The number of methoxy groups -OCH3 is 1. The molecule has 5 heteroatoms. The third-order valence-electron chi connectivity index (χ3n) is 4.16. The number of likely N-dealkylation sites (tertiary alicyclic amines) is 1. The molecule has 3 rings (SSSR count). The Hall–Kier alpha value is -1.46. The van der Waals surface area contributed by atoms with Gasteiger partial charge in [-0.25, -0.2) is 4.39 Å². The fraction of sp³-hybridized carbons (Fsp3) is 0.438. The van der Waals surface area contributed by atoms with Crippen LogP contribution in [0.4, 0.5) is 4.39 Å². The monoisotopic (exact) mass is 307 g/mol. The minimum absolute atomic E-state index is 0.0163. The van der Waals surface area contributed by atoms with Gasteiger partial charge in [-0.05, 0) is 37.5 Å². The Morgan fingerprint density at radius 3 is 2.71 bits per heavy atom. The molecule has 1 aliphatic rings. The van der Waals surface area contributed by atoms with Crippen molar-refractivity contribution >= 4 is 27.3 Å². The lowest BCUT2D eigenvalue weighted by Crippen LogP contribution is -2.40. The van der Waals surface area contributed by atoms with E-state index >= 15 is 0 Å². The van der Waals surface area contributed by atoms with Crippen LogP contribution in [0.3, 0.4) is 0 Å². The third-order valence-corrected chi connectivity index (χ3v) is 5.40. The summed E-state index contributed by atoms with van der Waals surface area (Å²) >= 11 is 1.38. The highest BCUT2D eigenvalue weighted by Gasteiger charge is 2.26. The summed E-state index contributed by atoms with van der Waals surface area (Å²) in [7, 11) is 1.71. The number of ether oxygens (including phenoxy) is 1. The van der Waals surface area contributed by atoms with Crippen molar-refractivity contribution in [2.75, 3.05) is 20.2 Å². The van der Waals surface area contributed by atoms with E-state index in [2.05, 4.69) is 0 Å². The predicted octanol–water partition coefficient (Wildman–Crippen LogP) is 3.60. The van der Waals surface area contributed by atoms with Crippen LogP contribution < -0.4 is 0 Å². The first kappa shape index (κ1) is 14.5. The second kappa shape index (κ2) is 5.73. The first-order valence-corrected chi connectivity index (χ1v) is 7.93. The van der Waals surface area contributed by atoms with Crippen LogP contribution in [-0.2, 0) is 4.74 Å². The molecule has 0 radical (unpaired) electrons. The lowest BCUT2D eigenvalue weighted by Gasteiger charge is -2.31. The summed E-state index contributed by atoms with van der Waals surface area (Å²) in [4.78, 5) is 15.2. The van der Waals surface area contributed by atoms with Crippen molar-refractivity contribution < 1.29 is 13.9 Å². The number of fused-ring (bicyclic) bond motifs is 1. The molecule has 1 saturated heterocycles. The van der Waals surface area contributed by atoms with E-state index in [1.54, 1.807) is 13.2 Å². The van der Waals surface area contributed by atoms with Crippen LogP contribution in [0.5, 0.6) is 0 Å². The molecule has 0 atom stereocenters. The number of carbonyl (C=O) groups excluding carboxylic acids is 1. The number of thiophene rings is 1. The number of aryl methyl sites for hydroxylation is 1. The van der Waals surface area contributed by atoms with Gasteiger partial charge in [-0.2, -0.15) is 0 Å². The van der Waals surface area contributed by atoms with E-state index in [9.17, 15) is 9.18 Å². The number of amides is 1. The molecule has 0 spiro atoms. The highest BCUT2D eigenvalue weighted by atomic mass is 32.1. The van der Waals surface area contributed by atoms with Gasteiger partial charge in [0, 0.05) is 30.3 Å². The first-order valence-electron chi connectivity index (χ1n) is 7.11. The second-order valence-electron chi connectivity index (χ2n) is 5.40. The Bertz CT molecular complexity index is 674. The molecular weight excluding hydrogens is 289 g/mol. The van der Waals surface area contributed by atoms with Gasteiger partial charge in [-0.3, -0.25) is 4.79 Å². The van der Waals surface area contributed by atoms with E-state index in [-0.39, 0.29) is 17.8 Å². The van der Waals surface area contributed by atoms with Crippen LogP contribution in [0.15, 0.2) is 18.2 Å². The number of carbonyl (C=O) groups is 1. The molecule has 0 unspecified atom stereocenters. The van der Waals surface area contributed by atoms with Crippen LogP contribution in [0, 0.1) is 12.7 Å². The van der Waals surface area contributed by atoms with Crippen molar-refractivity contribution in [2.45, 2.75) is 25.9 Å². The Labute approximate surface area is 127 Å². The standard InChI is InChI=1S/C16H18FNO2S/c1-10-14-12(17)4-3-5-13(14)21-15(10)16(19)18-8-6-11(20-2)7-9-18/h3-5,11H,6-9H2,1-2H3. The van der Waals surface area contributed by atoms with Gasteiger partial charge in [-0.1, -0.05) is 6.07 Å². The van der Waals surface area contributed by atoms with Crippen LogP contribution in [0.2, 0.25) is 0 Å². The molecule has 1 aromatic carbocycles. The molecular formula is C16H18FNO2S. The summed E-state index contributed by atoms with van der Waals surface area (Å²) < 4.78 is 20.1. The number of nitrogens with zero attached hydrogens (tertiary/aromatic N) is 1. The zero-order chi connectivity index (χ0) is 15.0. The maximum absolute atomic E-state index is 13.9. The molecule has 0 bridgehead atoms. The molecule has 21 heavy (non-hydrogen) atoms. The van der Waals surface area contributed by atoms with Crippen molar-refractivity contribution in [3.05, 3.63) is 34.5 Å². The SMILES string of the molecule is COC1CCN(C(=O)c2sc3cccc(F)c3c2C)CC1. The lowest BCUT2D eigenvalue weighted by atomic mass is 10.1. The molecule has 2 heterocycles. The zero-order valence-electron chi connectivity index (χ0n) is 12.2. The predicted molar refractivity (Wildman–Crippen MR) is 82.5 cm³/mol. The summed E-state index contributed by atoms with van der Waals surface area (Å²) in [6.45, 7) is 3.23. The van der Waals surface area contributed by atoms with Gasteiger partial charge in [0.2, 0.25) is 0 Å². The van der Waals surface area contributed by atoms with Gasteiger partial charge in [0.15, 0.2) is 0 Å². The van der Waals surface area contributed by atoms with Gasteiger partial charge < -0.3 is 9.64 Å². The second-order valence-corrected chi connectivity index (χ2v) is 6.45. The minimum atomic E-state index is -0.251. The van der Waals surface area contributed by atoms with Gasteiger partial charge in [0.1, 0.15) is 5.82 Å². The highest BCUT2D eigenvalue weighted by molar-refractivity contribution is 7.21. The van der Waals surface area contributed by atoms with Crippen LogP contribution >= 0.6 is 11.3 Å². The van der Waals surface area contributed by atoms with Crippen LogP contribution in [0.1, 0.15) is 28.1 Å². The summed E-state index contributed by atoms with van der Waals surface area (Å²) in [5.74, 6) is -0.235. The van der Waals surface area contributed by atoms with Crippen molar-refractivity contribution in [1.82, 2.24) is 4.90 Å². The van der Waals surface area contributed by atoms with E-state index in [1.165, 1.54) is 17.4 Å². The number of rotatable bonds is 2. The summed E-state index contributed by atoms with van der Waals surface area (Å²) in [6.07, 6.45) is 1.97. The number of benzene rings is 1. The van der Waals surface area contributed by atoms with E-state index in [0.717, 1.165) is 23.1 Å². The topological polar surface area (TPSA) is 29.5 Å². The summed E-state index contributed by atoms with van der Waals surface area (Å²) in [5, 5.41) is 0.581. The van der Waals surface area contributed by atoms with Crippen molar-refractivity contribution in [1.29, 1.82) is 0 Å². The highest BCUT2D eigenvalue weighted by Crippen LogP contribution is 2.33. The largest absolute Gasteiger partial charge is 0.381 e. The van der Waals surface area contributed by atoms with Crippen molar-refractivity contribution in [3.8, 4) is 0 Å². The maximum atomic E-state index is 13.9. The van der Waals surface area contributed by atoms with E-state index in [1.807, 2.05) is 17.9 Å². The molecule has 112 valence electrons. The molecule has 0 saturated carbocycles. The van der Waals surface area contributed by atoms with Gasteiger partial charge in [0.05, 0.1) is 11.0 Å². The van der Waals surface area contributed by atoms with Crippen molar-refractivity contribution in [3.63, 3.8) is 0 Å². The average molecular weight is 307 g/mol. The average Bonchev–Trinajstić information content (AvgIpc) is 2.85. The zero-order valence-corrected chi connectivity index (χ0v) is 13.0. The molecule has 3 nitrogen and oxygen atoms in total. The van der Waals surface area contributed by atoms with Crippen LogP contribution in [0.25, 0.3) is 10.1 Å². The fourth-order valence-corrected chi connectivity index (χ4v) is 4.09. The smallest absolute Gasteiger partial charge is 0.264 e. The maximum Gasteiger partial charge on any atom is 0.264 e. The fourth-order valence-electron chi connectivity index (χ4n) is 2.90. The first-order chi connectivity index (χ1) is 10.1. The van der Waals surface area contributed by atoms with E-state index in [4.69, 9.17) is 4.74 Å². The van der Waals surface area contributed by atoms with Gasteiger partial charge in [-0.15, -0.1) is 11.3 Å². The Kier molecular flexibility index (Phi) is 3.95. The van der Waals surface area contributed by atoms with Crippen molar-refractivity contribution in [2.24, 2.45) is 0 Å². The molecule has 0 aliphatic carbocycles. The molecule has 1 aromatic heterocycles. The quantitative estimate of drug-likeness (QED) is 0.848. The lowest BCUT2D eigenvalue weighted by molar-refractivity contribution is 0.0353. The molecule has 0 N–H and O–H groups in total. The number of hydrogen-bond donors (Lipinski definition) is 0. The number of hydrogen-bond acceptors (Lipinski definition) is 3. The number of piperidine rings is 1. The number of halogens is 1. The van der Waals surface area contributed by atoms with Gasteiger partial charge in [0.25, 0.3) is 5.91 Å². The Morgan fingerprint density at radius 1 is 1.38 bits per heavy atom. The molecule has 1 amide bonds. The normalized spacial score (nSPS) is 16.6. The minimum Gasteiger partial charge on any atom is -0.381 e. The third kappa shape index (κ3) is 2.56. The summed E-state index contributed by atoms with van der Waals surface area (Å²) in [5.41, 5.74) is 0.756. The van der Waals surface area contributed by atoms with Crippen LogP contribution in [-0.4, -0.2) is 37.1 Å². The molecule has 2 aromatic rings. The summed E-state index contributed by atoms with van der Waals surface area (Å²) in [6, 6.07) is 5.00. The van der Waals surface area contributed by atoms with Gasteiger partial charge >= 0.3 is 0 Å². The van der Waals surface area contributed by atoms with E-state index in [0.29, 0.717) is 23.4 Å². The molecule has 1 aliphatic heterocycles.